The molecule has 88 valence electrons. The highest BCUT2D eigenvalue weighted by Gasteiger charge is 2.12. The lowest BCUT2D eigenvalue weighted by atomic mass is 10.3. The van der Waals surface area contributed by atoms with E-state index in [4.69, 9.17) is 28.9 Å². The lowest BCUT2D eigenvalue weighted by Crippen LogP contribution is -2.26. The zero-order valence-corrected chi connectivity index (χ0v) is 11.1. The molecule has 1 aromatic carbocycles. The minimum Gasteiger partial charge on any atom is -0.392 e. The average Bonchev–Trinajstić information content (AvgIpc) is 1.95. The Bertz CT molecular complexity index is 497. The summed E-state index contributed by atoms with van der Waals surface area (Å²) >= 11 is 15.9. The van der Waals surface area contributed by atoms with Crippen LogP contribution in [0.25, 0.3) is 0 Å². The standard InChI is InChI=1S/C8H8Cl2N2O2S2/c9-5-1-6(10)3-7(2-5)12-16(13,14)4-8(11)15/h1-3,12H,4H2,(H2,11,15). The van der Waals surface area contributed by atoms with Crippen LogP contribution in [0, 0.1) is 0 Å². The second-order valence-corrected chi connectivity index (χ2v) is 6.11. The molecule has 1 aromatic rings. The molecule has 0 spiro atoms. The SMILES string of the molecule is NC(=S)CS(=O)(=O)Nc1cc(Cl)cc(Cl)c1. The van der Waals surface area contributed by atoms with Crippen LogP contribution in [0.4, 0.5) is 5.69 Å². The maximum atomic E-state index is 11.5. The molecule has 3 N–H and O–H groups in total. The van der Waals surface area contributed by atoms with Crippen molar-refractivity contribution in [3.63, 3.8) is 0 Å². The maximum Gasteiger partial charge on any atom is 0.239 e. The van der Waals surface area contributed by atoms with Crippen LogP contribution in [-0.2, 0) is 10.0 Å². The summed E-state index contributed by atoms with van der Waals surface area (Å²) in [5.41, 5.74) is 5.42. The molecule has 0 saturated heterocycles. The van der Waals surface area contributed by atoms with E-state index in [1.807, 2.05) is 0 Å². The minimum atomic E-state index is -3.60. The first-order chi connectivity index (χ1) is 7.28. The second kappa shape index (κ2) is 5.18. The van der Waals surface area contributed by atoms with Gasteiger partial charge in [-0.2, -0.15) is 0 Å². The molecular weight excluding hydrogens is 291 g/mol. The number of thiocarbonyl (C=S) groups is 1. The van der Waals surface area contributed by atoms with Crippen molar-refractivity contribution in [3.8, 4) is 0 Å². The van der Waals surface area contributed by atoms with Gasteiger partial charge in [-0.15, -0.1) is 0 Å². The monoisotopic (exact) mass is 298 g/mol. The van der Waals surface area contributed by atoms with Crippen molar-refractivity contribution in [2.75, 3.05) is 10.5 Å². The lowest BCUT2D eigenvalue weighted by Gasteiger charge is -2.07. The van der Waals surface area contributed by atoms with Crippen LogP contribution >= 0.6 is 35.4 Å². The van der Waals surface area contributed by atoms with E-state index in [9.17, 15) is 8.42 Å². The Kier molecular flexibility index (Phi) is 4.37. The molecular formula is C8H8Cl2N2O2S2. The number of hydrogen-bond donors (Lipinski definition) is 2. The molecule has 0 saturated carbocycles. The summed E-state index contributed by atoms with van der Waals surface area (Å²) in [6, 6.07) is 4.36. The molecule has 8 heteroatoms. The lowest BCUT2D eigenvalue weighted by molar-refractivity contribution is 0.605. The molecule has 4 nitrogen and oxygen atoms in total. The van der Waals surface area contributed by atoms with Gasteiger partial charge in [-0.05, 0) is 18.2 Å². The molecule has 16 heavy (non-hydrogen) atoms. The van der Waals surface area contributed by atoms with Gasteiger partial charge in [0.05, 0.1) is 10.7 Å². The van der Waals surface area contributed by atoms with Crippen molar-refractivity contribution in [2.24, 2.45) is 5.73 Å². The quantitative estimate of drug-likeness (QED) is 0.834. The van der Waals surface area contributed by atoms with E-state index >= 15 is 0 Å². The Labute approximate surface area is 109 Å². The summed E-state index contributed by atoms with van der Waals surface area (Å²) in [4.78, 5) is -0.111. The molecule has 0 radical (unpaired) electrons. The van der Waals surface area contributed by atoms with Crippen molar-refractivity contribution < 1.29 is 8.42 Å². The van der Waals surface area contributed by atoms with Gasteiger partial charge in [0.15, 0.2) is 0 Å². The smallest absolute Gasteiger partial charge is 0.239 e. The van der Waals surface area contributed by atoms with Gasteiger partial charge in [0.2, 0.25) is 10.0 Å². The molecule has 0 bridgehead atoms. The maximum absolute atomic E-state index is 11.5. The number of anilines is 1. The fourth-order valence-corrected chi connectivity index (χ4v) is 2.93. The Morgan fingerprint density at radius 2 is 1.81 bits per heavy atom. The topological polar surface area (TPSA) is 72.2 Å². The van der Waals surface area contributed by atoms with E-state index in [2.05, 4.69) is 16.9 Å². The molecule has 0 unspecified atom stereocenters. The van der Waals surface area contributed by atoms with Crippen LogP contribution in [0.2, 0.25) is 10.0 Å². The van der Waals surface area contributed by atoms with Crippen molar-refractivity contribution in [2.45, 2.75) is 0 Å². The van der Waals surface area contributed by atoms with Gasteiger partial charge in [0.25, 0.3) is 0 Å². The first kappa shape index (κ1) is 13.5. The van der Waals surface area contributed by atoms with E-state index in [0.29, 0.717) is 10.0 Å². The zero-order chi connectivity index (χ0) is 12.3. The van der Waals surface area contributed by atoms with Gasteiger partial charge in [0, 0.05) is 10.0 Å². The average molecular weight is 299 g/mol. The number of halogens is 2. The third kappa shape index (κ3) is 4.52. The van der Waals surface area contributed by atoms with E-state index in [-0.39, 0.29) is 10.7 Å². The molecule has 0 aliphatic carbocycles. The second-order valence-electron chi connectivity index (χ2n) is 2.99. The van der Waals surface area contributed by atoms with Crippen molar-refractivity contribution >= 4 is 56.1 Å². The number of rotatable bonds is 4. The molecule has 0 aliphatic rings. The fraction of sp³-hybridized carbons (Fsp3) is 0.125. The van der Waals surface area contributed by atoms with Crippen molar-refractivity contribution in [1.29, 1.82) is 0 Å². The van der Waals surface area contributed by atoms with Crippen LogP contribution in [0.1, 0.15) is 0 Å². The van der Waals surface area contributed by atoms with Gasteiger partial charge < -0.3 is 5.73 Å². The van der Waals surface area contributed by atoms with Gasteiger partial charge in [-0.3, -0.25) is 4.72 Å². The molecule has 0 heterocycles. The normalized spacial score (nSPS) is 11.1. The first-order valence-corrected chi connectivity index (χ1v) is 6.85. The van der Waals surface area contributed by atoms with Crippen LogP contribution in [-0.4, -0.2) is 19.2 Å². The minimum absolute atomic E-state index is 0.111. The van der Waals surface area contributed by atoms with Gasteiger partial charge in [-0.25, -0.2) is 8.42 Å². The largest absolute Gasteiger partial charge is 0.392 e. The van der Waals surface area contributed by atoms with Crippen molar-refractivity contribution in [1.82, 2.24) is 0 Å². The van der Waals surface area contributed by atoms with Gasteiger partial charge in [0.1, 0.15) is 5.75 Å². The molecule has 0 atom stereocenters. The van der Waals surface area contributed by atoms with E-state index in [0.717, 1.165) is 0 Å². The zero-order valence-electron chi connectivity index (χ0n) is 7.91. The van der Waals surface area contributed by atoms with Crippen LogP contribution in [0.15, 0.2) is 18.2 Å². The number of hydrogen-bond acceptors (Lipinski definition) is 3. The Morgan fingerprint density at radius 3 is 2.25 bits per heavy atom. The van der Waals surface area contributed by atoms with E-state index < -0.39 is 15.8 Å². The molecule has 0 fully saturated rings. The predicted molar refractivity (Wildman–Crippen MR) is 70.7 cm³/mol. The number of sulfonamides is 1. The summed E-state index contributed by atoms with van der Waals surface area (Å²) in [6.45, 7) is 0. The molecule has 0 aromatic heterocycles. The molecule has 1 rings (SSSR count). The fourth-order valence-electron chi connectivity index (χ4n) is 1.02. The van der Waals surface area contributed by atoms with Crippen LogP contribution in [0.5, 0.6) is 0 Å². The Morgan fingerprint density at radius 1 is 1.31 bits per heavy atom. The van der Waals surface area contributed by atoms with E-state index in [1.54, 1.807) is 0 Å². The molecule has 0 amide bonds. The third-order valence-corrected chi connectivity index (χ3v) is 3.47. The van der Waals surface area contributed by atoms with E-state index in [1.165, 1.54) is 18.2 Å². The summed E-state index contributed by atoms with van der Waals surface area (Å²) < 4.78 is 25.2. The highest BCUT2D eigenvalue weighted by atomic mass is 35.5. The summed E-state index contributed by atoms with van der Waals surface area (Å²) in [5, 5.41) is 0.668. The highest BCUT2D eigenvalue weighted by Crippen LogP contribution is 2.23. The molecule has 0 aliphatic heterocycles. The predicted octanol–water partition coefficient (Wildman–Crippen LogP) is 2.02. The highest BCUT2D eigenvalue weighted by molar-refractivity contribution is 7.95. The van der Waals surface area contributed by atoms with Gasteiger partial charge >= 0.3 is 0 Å². The number of nitrogens with one attached hydrogen (secondary N) is 1. The van der Waals surface area contributed by atoms with Gasteiger partial charge in [-0.1, -0.05) is 35.4 Å². The summed E-state index contributed by atoms with van der Waals surface area (Å²) in [6.07, 6.45) is 0. The Hall–Kier alpha value is -0.560. The number of nitrogens with two attached hydrogens (primary N) is 1. The summed E-state index contributed by atoms with van der Waals surface area (Å²) in [7, 11) is -3.60. The number of benzene rings is 1. The van der Waals surface area contributed by atoms with Crippen molar-refractivity contribution in [3.05, 3.63) is 28.2 Å². The Balaban J connectivity index is 2.92. The first-order valence-electron chi connectivity index (χ1n) is 4.03. The van der Waals surface area contributed by atoms with Crippen LogP contribution < -0.4 is 10.5 Å². The summed E-state index contributed by atoms with van der Waals surface area (Å²) in [5.74, 6) is -0.424. The third-order valence-electron chi connectivity index (χ3n) is 1.47. The van der Waals surface area contributed by atoms with Crippen LogP contribution in [0.3, 0.4) is 0 Å².